The first-order valence-electron chi connectivity index (χ1n) is 11.9. The Bertz CT molecular complexity index is 1740. The fraction of sp³-hybridized carbons (Fsp3) is 0.0667. The van der Waals surface area contributed by atoms with E-state index in [1.165, 1.54) is 21.5 Å². The summed E-state index contributed by atoms with van der Waals surface area (Å²) in [5.74, 6) is 0. The van der Waals surface area contributed by atoms with Gasteiger partial charge in [-0.15, -0.1) is 0 Å². The average Bonchev–Trinajstić information content (AvgIpc) is 2.89. The third-order valence-corrected chi connectivity index (χ3v) is 6.72. The summed E-state index contributed by atoms with van der Waals surface area (Å²) in [4.78, 5) is 0. The van der Waals surface area contributed by atoms with Crippen molar-refractivity contribution in [2.45, 2.75) is 12.4 Å². The Morgan fingerprint density at radius 1 is 0.425 bits per heavy atom. The molecule has 0 aromatic heterocycles. The molecular weight excluding hydrogens is 530 g/mol. The smallest absolute Gasteiger partial charge is 0.399 e. The fourth-order valence-electron chi connectivity index (χ4n) is 4.91. The zero-order valence-corrected chi connectivity index (χ0v) is 20.7. The van der Waals surface area contributed by atoms with Gasteiger partial charge in [0.25, 0.3) is 0 Å². The lowest BCUT2D eigenvalue weighted by molar-refractivity contribution is -0.139. The third-order valence-electron chi connectivity index (χ3n) is 6.72. The Balaban J connectivity index is 0.000000164. The van der Waals surface area contributed by atoms with Gasteiger partial charge in [0.15, 0.2) is 0 Å². The molecule has 6 rings (SSSR count). The lowest BCUT2D eigenvalue weighted by Crippen LogP contribution is -2.12. The number of benzene rings is 6. The minimum absolute atomic E-state index is 0.194. The predicted octanol–water partition coefficient (Wildman–Crippen LogP) is 8.30. The van der Waals surface area contributed by atoms with Crippen LogP contribution in [0.4, 0.5) is 49.1 Å². The van der Waals surface area contributed by atoms with E-state index >= 15 is 0 Å². The molecule has 6 aromatic carbocycles. The second-order valence-electron chi connectivity index (χ2n) is 9.34. The molecule has 0 amide bonds. The Morgan fingerprint density at radius 3 is 1.12 bits per heavy atom. The van der Waals surface area contributed by atoms with Crippen LogP contribution in [0.25, 0.3) is 43.4 Å². The lowest BCUT2D eigenvalue weighted by atomic mass is 9.93. The molecule has 10 heteroatoms. The van der Waals surface area contributed by atoms with E-state index in [2.05, 4.69) is 36.4 Å². The van der Waals surface area contributed by atoms with E-state index in [-0.39, 0.29) is 11.4 Å². The van der Waals surface area contributed by atoms with E-state index in [0.717, 1.165) is 46.4 Å². The number of alkyl halides is 6. The Morgan fingerprint density at radius 2 is 0.775 bits per heavy atom. The SMILES string of the molecule is Nc1ccc(-c2ccc(N)cc2C(F)(F)F)c(C(F)(F)F)c1.Nc1ccc2ccc3c(N)ccc4ccc1c2c43. The van der Waals surface area contributed by atoms with Crippen molar-refractivity contribution in [3.63, 3.8) is 0 Å². The van der Waals surface area contributed by atoms with Crippen molar-refractivity contribution in [3.05, 3.63) is 96.1 Å². The van der Waals surface area contributed by atoms with Crippen LogP contribution in [-0.4, -0.2) is 0 Å². The summed E-state index contributed by atoms with van der Waals surface area (Å²) >= 11 is 0. The zero-order valence-electron chi connectivity index (χ0n) is 20.7. The van der Waals surface area contributed by atoms with Crippen LogP contribution in [0.3, 0.4) is 0 Å². The zero-order chi connectivity index (χ0) is 29.0. The summed E-state index contributed by atoms with van der Waals surface area (Å²) in [6, 6.07) is 21.7. The van der Waals surface area contributed by atoms with Crippen molar-refractivity contribution in [2.24, 2.45) is 0 Å². The highest BCUT2D eigenvalue weighted by Gasteiger charge is 2.38. The van der Waals surface area contributed by atoms with E-state index in [1.807, 2.05) is 12.1 Å². The highest BCUT2D eigenvalue weighted by atomic mass is 19.4. The van der Waals surface area contributed by atoms with Gasteiger partial charge in [-0.1, -0.05) is 48.5 Å². The molecule has 0 atom stereocenters. The Kier molecular flexibility index (Phi) is 6.29. The number of hydrogen-bond acceptors (Lipinski definition) is 4. The van der Waals surface area contributed by atoms with Gasteiger partial charge in [-0.05, 0) is 69.1 Å². The molecule has 8 N–H and O–H groups in total. The van der Waals surface area contributed by atoms with Crippen LogP contribution < -0.4 is 22.9 Å². The van der Waals surface area contributed by atoms with Crippen LogP contribution in [0.15, 0.2) is 84.9 Å². The molecule has 204 valence electrons. The maximum absolute atomic E-state index is 13.1. The van der Waals surface area contributed by atoms with Gasteiger partial charge in [-0.25, -0.2) is 0 Å². The molecular formula is C30H22F6N4. The molecule has 0 saturated heterocycles. The summed E-state index contributed by atoms with van der Waals surface area (Å²) < 4.78 is 78.4. The number of nitrogen functional groups attached to an aromatic ring is 4. The predicted molar refractivity (Wildman–Crippen MR) is 150 cm³/mol. The van der Waals surface area contributed by atoms with Crippen LogP contribution in [0.5, 0.6) is 0 Å². The summed E-state index contributed by atoms with van der Waals surface area (Å²) in [6.07, 6.45) is -9.68. The molecule has 0 aliphatic heterocycles. The molecule has 6 aromatic rings. The molecule has 40 heavy (non-hydrogen) atoms. The van der Waals surface area contributed by atoms with E-state index in [0.29, 0.717) is 12.1 Å². The van der Waals surface area contributed by atoms with Crippen LogP contribution in [0.1, 0.15) is 11.1 Å². The maximum atomic E-state index is 13.1. The molecule has 0 fully saturated rings. The van der Waals surface area contributed by atoms with Crippen molar-refractivity contribution in [2.75, 3.05) is 22.9 Å². The number of halogens is 6. The van der Waals surface area contributed by atoms with Gasteiger partial charge in [0.1, 0.15) is 0 Å². The van der Waals surface area contributed by atoms with Gasteiger partial charge in [-0.3, -0.25) is 0 Å². The Hall–Kier alpha value is -4.86. The largest absolute Gasteiger partial charge is 0.417 e. The third kappa shape index (κ3) is 4.72. The molecule has 0 bridgehead atoms. The van der Waals surface area contributed by atoms with E-state index in [9.17, 15) is 26.3 Å². The lowest BCUT2D eigenvalue weighted by Gasteiger charge is -2.18. The first kappa shape index (κ1) is 26.7. The molecule has 4 nitrogen and oxygen atoms in total. The summed E-state index contributed by atoms with van der Waals surface area (Å²) in [7, 11) is 0. The first-order chi connectivity index (χ1) is 18.8. The van der Waals surface area contributed by atoms with Gasteiger partial charge in [0, 0.05) is 33.5 Å². The number of nitrogens with two attached hydrogens (primary N) is 4. The first-order valence-corrected chi connectivity index (χ1v) is 11.9. The van der Waals surface area contributed by atoms with Crippen molar-refractivity contribution in [1.82, 2.24) is 0 Å². The van der Waals surface area contributed by atoms with Crippen molar-refractivity contribution < 1.29 is 26.3 Å². The highest BCUT2D eigenvalue weighted by Crippen LogP contribution is 2.44. The molecule has 0 radical (unpaired) electrons. The van der Waals surface area contributed by atoms with E-state index in [1.54, 1.807) is 0 Å². The Labute approximate surface area is 224 Å². The van der Waals surface area contributed by atoms with Gasteiger partial charge in [0.05, 0.1) is 11.1 Å². The van der Waals surface area contributed by atoms with Gasteiger partial charge in [-0.2, -0.15) is 26.3 Å². The van der Waals surface area contributed by atoms with Gasteiger partial charge < -0.3 is 22.9 Å². The monoisotopic (exact) mass is 552 g/mol. The number of hydrogen-bond donors (Lipinski definition) is 4. The molecule has 0 spiro atoms. The van der Waals surface area contributed by atoms with E-state index in [4.69, 9.17) is 22.9 Å². The van der Waals surface area contributed by atoms with Crippen molar-refractivity contribution in [3.8, 4) is 11.1 Å². The van der Waals surface area contributed by atoms with Crippen LogP contribution in [0, 0.1) is 0 Å². The second-order valence-corrected chi connectivity index (χ2v) is 9.34. The van der Waals surface area contributed by atoms with Crippen LogP contribution >= 0.6 is 0 Å². The summed E-state index contributed by atoms with van der Waals surface area (Å²) in [6.45, 7) is 0. The van der Waals surface area contributed by atoms with Crippen LogP contribution in [-0.2, 0) is 12.4 Å². The number of anilines is 4. The topological polar surface area (TPSA) is 104 Å². The minimum atomic E-state index is -4.84. The average molecular weight is 553 g/mol. The van der Waals surface area contributed by atoms with E-state index < -0.39 is 34.6 Å². The molecule has 0 unspecified atom stereocenters. The van der Waals surface area contributed by atoms with Crippen molar-refractivity contribution in [1.29, 1.82) is 0 Å². The summed E-state index contributed by atoms with van der Waals surface area (Å²) in [5.41, 5.74) is 20.3. The van der Waals surface area contributed by atoms with Gasteiger partial charge in [0.2, 0.25) is 0 Å². The highest BCUT2D eigenvalue weighted by molar-refractivity contribution is 6.26. The summed E-state index contributed by atoms with van der Waals surface area (Å²) in [5, 5.41) is 7.08. The van der Waals surface area contributed by atoms with Crippen LogP contribution in [0.2, 0.25) is 0 Å². The van der Waals surface area contributed by atoms with Gasteiger partial charge >= 0.3 is 12.4 Å². The normalized spacial score (nSPS) is 12.2. The molecule has 0 saturated carbocycles. The molecule has 0 aliphatic rings. The second kappa shape index (κ2) is 9.41. The molecule has 0 aliphatic carbocycles. The fourth-order valence-corrected chi connectivity index (χ4v) is 4.91. The molecule has 0 heterocycles. The van der Waals surface area contributed by atoms with Crippen molar-refractivity contribution >= 4 is 55.1 Å². The quantitative estimate of drug-likeness (QED) is 0.0936. The standard InChI is InChI=1S/C16H12N2.C14H10F6N2/c17-13-8-4-10-2-6-12-14(18)7-3-9-1-5-11(13)16(10)15(9)12;15-13(16,17)11-5-7(21)1-3-9(11)10-4-2-8(22)6-12(10)14(18,19)20/h1-8H,17-18H2;1-6H,21-22H2. The maximum Gasteiger partial charge on any atom is 0.417 e. The minimum Gasteiger partial charge on any atom is -0.399 e. The number of rotatable bonds is 1.